The van der Waals surface area contributed by atoms with E-state index in [4.69, 9.17) is 0 Å². The largest absolute Gasteiger partial charge is 0.393 e. The van der Waals surface area contributed by atoms with Crippen molar-refractivity contribution in [2.24, 2.45) is 28.6 Å². The molecule has 7 atom stereocenters. The fraction of sp³-hybridized carbons (Fsp3) is 0.700. The molecule has 0 bridgehead atoms. The molecule has 0 aromatic heterocycles. The Kier molecular flexibility index (Phi) is 3.51. The van der Waals surface area contributed by atoms with Crippen LogP contribution >= 0.6 is 0 Å². The molecular formula is C20H26O5. The zero-order chi connectivity index (χ0) is 18.2. The number of fused-ring (bicyclic) bond motifs is 5. The van der Waals surface area contributed by atoms with Gasteiger partial charge in [-0.05, 0) is 49.2 Å². The van der Waals surface area contributed by atoms with Gasteiger partial charge in [0.25, 0.3) is 0 Å². The highest BCUT2D eigenvalue weighted by Crippen LogP contribution is 2.66. The van der Waals surface area contributed by atoms with Gasteiger partial charge in [-0.15, -0.1) is 0 Å². The minimum atomic E-state index is -1.74. The second kappa shape index (κ2) is 5.12. The van der Waals surface area contributed by atoms with Gasteiger partial charge in [0.15, 0.2) is 11.6 Å². The van der Waals surface area contributed by atoms with Gasteiger partial charge in [-0.2, -0.15) is 0 Å². The Bertz CT molecular complexity index is 709. The smallest absolute Gasteiger partial charge is 0.194 e. The fourth-order valence-corrected chi connectivity index (χ4v) is 6.56. The summed E-state index contributed by atoms with van der Waals surface area (Å²) in [6, 6.07) is 0. The van der Waals surface area contributed by atoms with E-state index in [-0.39, 0.29) is 35.4 Å². The van der Waals surface area contributed by atoms with Gasteiger partial charge >= 0.3 is 0 Å². The van der Waals surface area contributed by atoms with Crippen molar-refractivity contribution >= 4 is 11.6 Å². The van der Waals surface area contributed by atoms with Gasteiger partial charge in [0, 0.05) is 17.3 Å². The van der Waals surface area contributed by atoms with Crippen LogP contribution in [0.4, 0.5) is 0 Å². The van der Waals surface area contributed by atoms with Crippen molar-refractivity contribution in [3.8, 4) is 0 Å². The number of hydrogen-bond donors (Lipinski definition) is 3. The van der Waals surface area contributed by atoms with E-state index >= 15 is 0 Å². The van der Waals surface area contributed by atoms with Crippen LogP contribution in [0, 0.1) is 28.6 Å². The summed E-state index contributed by atoms with van der Waals surface area (Å²) in [5.74, 6) is -0.465. The Hall–Kier alpha value is -1.30. The lowest BCUT2D eigenvalue weighted by Crippen LogP contribution is -2.62. The first kappa shape index (κ1) is 17.1. The molecule has 0 heterocycles. The van der Waals surface area contributed by atoms with E-state index in [1.54, 1.807) is 6.08 Å². The SMILES string of the molecule is CC12CC(=O)C=C1CCC1C2C(O)CC2(C)C1C=CC2(O)C(=O)CO. The van der Waals surface area contributed by atoms with Gasteiger partial charge < -0.3 is 15.3 Å². The predicted octanol–water partition coefficient (Wildman–Crippen LogP) is 1.17. The second-order valence-electron chi connectivity index (χ2n) is 8.88. The minimum Gasteiger partial charge on any atom is -0.393 e. The molecule has 3 N–H and O–H groups in total. The predicted molar refractivity (Wildman–Crippen MR) is 90.4 cm³/mol. The average molecular weight is 346 g/mol. The Morgan fingerprint density at radius 2 is 2.08 bits per heavy atom. The van der Waals surface area contributed by atoms with Crippen LogP contribution in [0.1, 0.15) is 39.5 Å². The molecule has 4 rings (SSSR count). The van der Waals surface area contributed by atoms with E-state index in [0.717, 1.165) is 18.4 Å². The van der Waals surface area contributed by atoms with Crippen LogP contribution < -0.4 is 0 Å². The number of ketones is 2. The van der Waals surface area contributed by atoms with Crippen molar-refractivity contribution < 1.29 is 24.9 Å². The van der Waals surface area contributed by atoms with Gasteiger partial charge in [-0.25, -0.2) is 0 Å². The Morgan fingerprint density at radius 3 is 2.76 bits per heavy atom. The molecule has 7 unspecified atom stereocenters. The van der Waals surface area contributed by atoms with E-state index in [1.165, 1.54) is 6.08 Å². The minimum absolute atomic E-state index is 0.0459. The van der Waals surface area contributed by atoms with E-state index < -0.39 is 29.5 Å². The third-order valence-corrected chi connectivity index (χ3v) is 7.78. The van der Waals surface area contributed by atoms with Gasteiger partial charge in [-0.3, -0.25) is 9.59 Å². The van der Waals surface area contributed by atoms with Gasteiger partial charge in [-0.1, -0.05) is 25.5 Å². The first-order chi connectivity index (χ1) is 11.7. The molecule has 5 heteroatoms. The Labute approximate surface area is 147 Å². The fourth-order valence-electron chi connectivity index (χ4n) is 6.56. The van der Waals surface area contributed by atoms with Crippen molar-refractivity contribution in [1.82, 2.24) is 0 Å². The van der Waals surface area contributed by atoms with Crippen molar-refractivity contribution in [3.63, 3.8) is 0 Å². The Balaban J connectivity index is 1.75. The highest BCUT2D eigenvalue weighted by Gasteiger charge is 2.66. The van der Waals surface area contributed by atoms with Gasteiger partial charge in [0.1, 0.15) is 12.2 Å². The molecule has 5 nitrogen and oxygen atoms in total. The molecule has 136 valence electrons. The molecule has 2 fully saturated rings. The Morgan fingerprint density at radius 1 is 1.36 bits per heavy atom. The molecule has 0 saturated heterocycles. The quantitative estimate of drug-likeness (QED) is 0.653. The number of Topliss-reactive ketones (excluding diaryl/α,β-unsaturated/α-hetero) is 1. The van der Waals surface area contributed by atoms with Crippen LogP contribution in [-0.4, -0.2) is 45.2 Å². The normalized spacial score (nSPS) is 50.9. The summed E-state index contributed by atoms with van der Waals surface area (Å²) in [7, 11) is 0. The van der Waals surface area contributed by atoms with E-state index in [9.17, 15) is 24.9 Å². The lowest BCUT2D eigenvalue weighted by Gasteiger charge is -2.59. The molecule has 0 radical (unpaired) electrons. The van der Waals surface area contributed by atoms with Crippen LogP contribution in [0.2, 0.25) is 0 Å². The molecule has 0 aliphatic heterocycles. The zero-order valence-corrected chi connectivity index (χ0v) is 14.7. The topological polar surface area (TPSA) is 94.8 Å². The van der Waals surface area contributed by atoms with Crippen LogP contribution in [-0.2, 0) is 9.59 Å². The molecule has 4 aliphatic rings. The summed E-state index contributed by atoms with van der Waals surface area (Å²) in [6.07, 6.45) is 6.88. The van der Waals surface area contributed by atoms with Crippen molar-refractivity contribution in [1.29, 1.82) is 0 Å². The summed E-state index contributed by atoms with van der Waals surface area (Å²) < 4.78 is 0. The van der Waals surface area contributed by atoms with Crippen molar-refractivity contribution in [3.05, 3.63) is 23.8 Å². The maximum atomic E-state index is 12.3. The van der Waals surface area contributed by atoms with E-state index in [2.05, 4.69) is 6.92 Å². The van der Waals surface area contributed by atoms with Crippen LogP contribution in [0.25, 0.3) is 0 Å². The summed E-state index contributed by atoms with van der Waals surface area (Å²) in [4.78, 5) is 24.3. The number of allylic oxidation sites excluding steroid dienone is 3. The van der Waals surface area contributed by atoms with Gasteiger partial charge in [0.05, 0.1) is 6.10 Å². The molecule has 0 aromatic carbocycles. The highest BCUT2D eigenvalue weighted by atomic mass is 16.3. The van der Waals surface area contributed by atoms with Gasteiger partial charge in [0.2, 0.25) is 0 Å². The average Bonchev–Trinajstić information content (AvgIpc) is 2.99. The number of aliphatic hydroxyl groups excluding tert-OH is 2. The highest BCUT2D eigenvalue weighted by molar-refractivity contribution is 5.94. The maximum Gasteiger partial charge on any atom is 0.194 e. The number of aliphatic hydroxyl groups is 3. The first-order valence-electron chi connectivity index (χ1n) is 9.15. The zero-order valence-electron chi connectivity index (χ0n) is 14.7. The van der Waals surface area contributed by atoms with Crippen LogP contribution in [0.5, 0.6) is 0 Å². The molecule has 0 amide bonds. The van der Waals surface area contributed by atoms with Crippen LogP contribution in [0.3, 0.4) is 0 Å². The van der Waals surface area contributed by atoms with Crippen molar-refractivity contribution in [2.45, 2.75) is 51.2 Å². The number of rotatable bonds is 2. The monoisotopic (exact) mass is 346 g/mol. The molecule has 25 heavy (non-hydrogen) atoms. The maximum absolute atomic E-state index is 12.3. The number of hydrogen-bond acceptors (Lipinski definition) is 5. The molecular weight excluding hydrogens is 320 g/mol. The second-order valence-corrected chi connectivity index (χ2v) is 8.88. The van der Waals surface area contributed by atoms with E-state index in [0.29, 0.717) is 6.42 Å². The van der Waals surface area contributed by atoms with Crippen molar-refractivity contribution in [2.75, 3.05) is 6.61 Å². The number of carbonyl (C=O) groups is 2. The van der Waals surface area contributed by atoms with E-state index in [1.807, 2.05) is 13.0 Å². The lowest BCUT2D eigenvalue weighted by molar-refractivity contribution is -0.175. The molecule has 4 aliphatic carbocycles. The summed E-state index contributed by atoms with van der Waals surface area (Å²) in [6.45, 7) is 3.21. The summed E-state index contributed by atoms with van der Waals surface area (Å²) in [5.41, 5.74) is -1.74. The lowest BCUT2D eigenvalue weighted by atomic mass is 9.46. The summed E-state index contributed by atoms with van der Waals surface area (Å²) >= 11 is 0. The summed E-state index contributed by atoms with van der Waals surface area (Å²) in [5, 5.41) is 31.4. The standard InChI is InChI=1S/C20H26O5/c1-18-8-12(22)7-11(18)3-4-13-14-5-6-20(25,16(24)10-21)19(14,2)9-15(23)17(13)18/h5-7,13-15,17,21,23,25H,3-4,8-10H2,1-2H3. The number of carbonyl (C=O) groups excluding carboxylic acids is 2. The molecule has 0 aromatic rings. The molecule has 2 saturated carbocycles. The first-order valence-corrected chi connectivity index (χ1v) is 9.15. The van der Waals surface area contributed by atoms with Crippen LogP contribution in [0.15, 0.2) is 23.8 Å². The third-order valence-electron chi connectivity index (χ3n) is 7.78. The molecule has 0 spiro atoms. The third kappa shape index (κ3) is 1.95.